The van der Waals surface area contributed by atoms with E-state index in [2.05, 4.69) is 56.5 Å². The SMILES string of the molecule is CCCC(NC)C(C)c1ccccc1. The Kier molecular flexibility index (Phi) is 4.68. The van der Waals surface area contributed by atoms with Crippen molar-refractivity contribution in [2.24, 2.45) is 0 Å². The second-order valence-corrected chi connectivity index (χ2v) is 3.88. The molecule has 0 saturated heterocycles. The van der Waals surface area contributed by atoms with Gasteiger partial charge < -0.3 is 5.32 Å². The van der Waals surface area contributed by atoms with Gasteiger partial charge in [0.05, 0.1) is 0 Å². The molecule has 0 aromatic heterocycles. The monoisotopic (exact) mass is 191 g/mol. The van der Waals surface area contributed by atoms with Crippen molar-refractivity contribution < 1.29 is 0 Å². The number of rotatable bonds is 5. The average molecular weight is 191 g/mol. The van der Waals surface area contributed by atoms with Crippen LogP contribution in [0.4, 0.5) is 0 Å². The molecule has 0 spiro atoms. The van der Waals surface area contributed by atoms with Gasteiger partial charge in [0.25, 0.3) is 0 Å². The van der Waals surface area contributed by atoms with Crippen molar-refractivity contribution in [1.29, 1.82) is 0 Å². The molecule has 78 valence electrons. The molecular weight excluding hydrogens is 170 g/mol. The Balaban J connectivity index is 2.67. The summed E-state index contributed by atoms with van der Waals surface area (Å²) >= 11 is 0. The maximum absolute atomic E-state index is 3.40. The lowest BCUT2D eigenvalue weighted by Gasteiger charge is -2.23. The number of nitrogens with one attached hydrogen (secondary N) is 1. The van der Waals surface area contributed by atoms with E-state index >= 15 is 0 Å². The van der Waals surface area contributed by atoms with Gasteiger partial charge in [-0.2, -0.15) is 0 Å². The smallest absolute Gasteiger partial charge is 0.0130 e. The topological polar surface area (TPSA) is 12.0 Å². The summed E-state index contributed by atoms with van der Waals surface area (Å²) in [4.78, 5) is 0. The molecule has 0 aliphatic rings. The zero-order valence-corrected chi connectivity index (χ0v) is 9.46. The number of likely N-dealkylation sites (N-methyl/N-ethyl adjacent to an activating group) is 1. The van der Waals surface area contributed by atoms with Gasteiger partial charge in [-0.1, -0.05) is 50.6 Å². The molecule has 0 heterocycles. The Hall–Kier alpha value is -0.820. The first-order chi connectivity index (χ1) is 6.79. The Morgan fingerprint density at radius 3 is 2.36 bits per heavy atom. The molecule has 1 heteroatoms. The van der Waals surface area contributed by atoms with Gasteiger partial charge in [0, 0.05) is 6.04 Å². The summed E-state index contributed by atoms with van der Waals surface area (Å²) in [6.45, 7) is 4.54. The molecule has 14 heavy (non-hydrogen) atoms. The van der Waals surface area contributed by atoms with Crippen molar-refractivity contribution in [2.45, 2.75) is 38.6 Å². The third-order valence-corrected chi connectivity index (χ3v) is 2.90. The maximum atomic E-state index is 3.40. The van der Waals surface area contributed by atoms with Crippen LogP contribution in [0.3, 0.4) is 0 Å². The van der Waals surface area contributed by atoms with Gasteiger partial charge in [0.15, 0.2) is 0 Å². The van der Waals surface area contributed by atoms with Crippen LogP contribution in [0.15, 0.2) is 30.3 Å². The van der Waals surface area contributed by atoms with Crippen LogP contribution in [0, 0.1) is 0 Å². The molecule has 1 N–H and O–H groups in total. The molecule has 1 aromatic rings. The van der Waals surface area contributed by atoms with Crippen molar-refractivity contribution in [3.63, 3.8) is 0 Å². The quantitative estimate of drug-likeness (QED) is 0.753. The van der Waals surface area contributed by atoms with E-state index in [1.165, 1.54) is 18.4 Å². The highest BCUT2D eigenvalue weighted by atomic mass is 14.9. The van der Waals surface area contributed by atoms with E-state index in [1.54, 1.807) is 0 Å². The minimum absolute atomic E-state index is 0.598. The average Bonchev–Trinajstić information content (AvgIpc) is 2.26. The van der Waals surface area contributed by atoms with E-state index in [0.717, 1.165) is 0 Å². The van der Waals surface area contributed by atoms with Crippen LogP contribution in [0.1, 0.15) is 38.2 Å². The minimum Gasteiger partial charge on any atom is -0.316 e. The maximum Gasteiger partial charge on any atom is 0.0130 e. The summed E-state index contributed by atoms with van der Waals surface area (Å²) in [6, 6.07) is 11.3. The van der Waals surface area contributed by atoms with Crippen molar-refractivity contribution in [3.05, 3.63) is 35.9 Å². The molecular formula is C13H21N. The molecule has 1 rings (SSSR count). The number of benzene rings is 1. The van der Waals surface area contributed by atoms with Gasteiger partial charge in [-0.15, -0.1) is 0 Å². The summed E-state index contributed by atoms with van der Waals surface area (Å²) < 4.78 is 0. The highest BCUT2D eigenvalue weighted by Gasteiger charge is 2.15. The number of hydrogen-bond donors (Lipinski definition) is 1. The number of hydrogen-bond acceptors (Lipinski definition) is 1. The summed E-state index contributed by atoms with van der Waals surface area (Å²) in [6.07, 6.45) is 2.48. The fraction of sp³-hybridized carbons (Fsp3) is 0.538. The van der Waals surface area contributed by atoms with E-state index in [9.17, 15) is 0 Å². The van der Waals surface area contributed by atoms with Gasteiger partial charge in [0.1, 0.15) is 0 Å². The Bertz CT molecular complexity index is 243. The lowest BCUT2D eigenvalue weighted by atomic mass is 9.91. The predicted octanol–water partition coefficient (Wildman–Crippen LogP) is 3.18. The van der Waals surface area contributed by atoms with Crippen LogP contribution in [0.2, 0.25) is 0 Å². The first-order valence-corrected chi connectivity index (χ1v) is 5.51. The molecule has 0 aliphatic heterocycles. The second-order valence-electron chi connectivity index (χ2n) is 3.88. The van der Waals surface area contributed by atoms with E-state index in [-0.39, 0.29) is 0 Å². The Morgan fingerprint density at radius 2 is 1.86 bits per heavy atom. The Labute approximate surface area is 87.5 Å². The van der Waals surface area contributed by atoms with E-state index in [1.807, 2.05) is 0 Å². The van der Waals surface area contributed by atoms with Gasteiger partial charge in [-0.3, -0.25) is 0 Å². The lowest BCUT2D eigenvalue weighted by molar-refractivity contribution is 0.451. The fourth-order valence-corrected chi connectivity index (χ4v) is 1.94. The van der Waals surface area contributed by atoms with Gasteiger partial charge >= 0.3 is 0 Å². The lowest BCUT2D eigenvalue weighted by Crippen LogP contribution is -2.30. The van der Waals surface area contributed by atoms with Crippen LogP contribution in [0.25, 0.3) is 0 Å². The van der Waals surface area contributed by atoms with Crippen LogP contribution in [0.5, 0.6) is 0 Å². The van der Waals surface area contributed by atoms with Crippen LogP contribution in [-0.2, 0) is 0 Å². The zero-order chi connectivity index (χ0) is 10.4. The standard InChI is InChI=1S/C13H21N/c1-4-8-13(14-3)11(2)12-9-6-5-7-10-12/h5-7,9-11,13-14H,4,8H2,1-3H3. The third-order valence-electron chi connectivity index (χ3n) is 2.90. The summed E-state index contributed by atoms with van der Waals surface area (Å²) in [7, 11) is 2.06. The molecule has 0 saturated carbocycles. The molecule has 1 nitrogen and oxygen atoms in total. The van der Waals surface area contributed by atoms with Crippen molar-refractivity contribution in [1.82, 2.24) is 5.32 Å². The first kappa shape index (κ1) is 11.3. The fourth-order valence-electron chi connectivity index (χ4n) is 1.94. The molecule has 0 bridgehead atoms. The minimum atomic E-state index is 0.598. The predicted molar refractivity (Wildman–Crippen MR) is 62.6 cm³/mol. The molecule has 2 atom stereocenters. The summed E-state index contributed by atoms with van der Waals surface area (Å²) in [5.41, 5.74) is 1.43. The van der Waals surface area contributed by atoms with Crippen LogP contribution < -0.4 is 5.32 Å². The zero-order valence-electron chi connectivity index (χ0n) is 9.46. The van der Waals surface area contributed by atoms with E-state index < -0.39 is 0 Å². The van der Waals surface area contributed by atoms with Crippen molar-refractivity contribution >= 4 is 0 Å². The van der Waals surface area contributed by atoms with E-state index in [0.29, 0.717) is 12.0 Å². The molecule has 1 aromatic carbocycles. The highest BCUT2D eigenvalue weighted by Crippen LogP contribution is 2.21. The second kappa shape index (κ2) is 5.82. The first-order valence-electron chi connectivity index (χ1n) is 5.51. The van der Waals surface area contributed by atoms with Gasteiger partial charge in [-0.05, 0) is 24.9 Å². The van der Waals surface area contributed by atoms with Crippen molar-refractivity contribution in [2.75, 3.05) is 7.05 Å². The van der Waals surface area contributed by atoms with E-state index in [4.69, 9.17) is 0 Å². The van der Waals surface area contributed by atoms with Crippen LogP contribution in [-0.4, -0.2) is 13.1 Å². The van der Waals surface area contributed by atoms with Crippen LogP contribution >= 0.6 is 0 Å². The highest BCUT2D eigenvalue weighted by molar-refractivity contribution is 5.20. The van der Waals surface area contributed by atoms with Crippen molar-refractivity contribution in [3.8, 4) is 0 Å². The molecule has 2 unspecified atom stereocenters. The van der Waals surface area contributed by atoms with Gasteiger partial charge in [-0.25, -0.2) is 0 Å². The molecule has 0 radical (unpaired) electrons. The van der Waals surface area contributed by atoms with Gasteiger partial charge in [0.2, 0.25) is 0 Å². The normalized spacial score (nSPS) is 15.1. The molecule has 0 fully saturated rings. The summed E-state index contributed by atoms with van der Waals surface area (Å²) in [5.74, 6) is 0.598. The largest absolute Gasteiger partial charge is 0.316 e. The molecule has 0 amide bonds. The molecule has 0 aliphatic carbocycles. The summed E-state index contributed by atoms with van der Waals surface area (Å²) in [5, 5.41) is 3.40. The third kappa shape index (κ3) is 2.85. The Morgan fingerprint density at radius 1 is 1.21 bits per heavy atom.